The summed E-state index contributed by atoms with van der Waals surface area (Å²) >= 11 is 0. The van der Waals surface area contributed by atoms with Crippen LogP contribution in [0.15, 0.2) is 24.3 Å². The number of amides is 2. The number of carbonyl (C=O) groups excluding carboxylic acids is 2. The normalized spacial score (nSPS) is 16.5. The van der Waals surface area contributed by atoms with Crippen LogP contribution in [0.1, 0.15) is 38.1 Å². The summed E-state index contributed by atoms with van der Waals surface area (Å²) in [6.45, 7) is 12.6. The Hall–Kier alpha value is -2.08. The van der Waals surface area contributed by atoms with Crippen molar-refractivity contribution in [1.29, 1.82) is 0 Å². The second-order valence-electron chi connectivity index (χ2n) is 7.94. The Balaban J connectivity index is 1.97. The van der Waals surface area contributed by atoms with Gasteiger partial charge in [0.05, 0.1) is 7.11 Å². The van der Waals surface area contributed by atoms with Gasteiger partial charge in [-0.25, -0.2) is 0 Å². The van der Waals surface area contributed by atoms with Crippen molar-refractivity contribution in [3.8, 4) is 5.75 Å². The molecule has 0 bridgehead atoms. The summed E-state index contributed by atoms with van der Waals surface area (Å²) in [5.74, 6) is 1.12. The first kappa shape index (κ1) is 21.2. The van der Waals surface area contributed by atoms with E-state index in [1.807, 2.05) is 18.7 Å². The maximum absolute atomic E-state index is 13.0. The average Bonchev–Trinajstić information content (AvgIpc) is 2.65. The molecule has 1 aromatic rings. The molecule has 6 nitrogen and oxygen atoms in total. The lowest BCUT2D eigenvalue weighted by molar-refractivity contribution is -0.136. The minimum atomic E-state index is -0.517. The molecule has 0 aliphatic carbocycles. The van der Waals surface area contributed by atoms with Gasteiger partial charge in [-0.05, 0) is 36.1 Å². The topological polar surface area (TPSA) is 61.9 Å². The highest BCUT2D eigenvalue weighted by Crippen LogP contribution is 2.14. The van der Waals surface area contributed by atoms with Gasteiger partial charge in [0.25, 0.3) is 5.91 Å². The van der Waals surface area contributed by atoms with Gasteiger partial charge in [-0.2, -0.15) is 0 Å². The van der Waals surface area contributed by atoms with Crippen LogP contribution >= 0.6 is 0 Å². The number of nitrogens with one attached hydrogen (secondary N) is 1. The van der Waals surface area contributed by atoms with Gasteiger partial charge in [0.2, 0.25) is 5.91 Å². The fraction of sp³-hybridized carbons (Fsp3) is 0.619. The molecular weight excluding hydrogens is 342 g/mol. The molecule has 1 aromatic carbocycles. The lowest BCUT2D eigenvalue weighted by atomic mass is 10.0. The lowest BCUT2D eigenvalue weighted by Crippen LogP contribution is -2.56. The number of carbonyl (C=O) groups is 2. The Morgan fingerprint density at radius 1 is 1.04 bits per heavy atom. The molecule has 1 saturated heterocycles. The summed E-state index contributed by atoms with van der Waals surface area (Å²) in [7, 11) is 1.59. The Labute approximate surface area is 162 Å². The van der Waals surface area contributed by atoms with Gasteiger partial charge in [0.1, 0.15) is 11.8 Å². The highest BCUT2D eigenvalue weighted by Gasteiger charge is 2.31. The SMILES string of the molecule is COc1ccc(C(=O)NC(C(=O)N2CCN(CC(C)C)CC2)C(C)C)cc1. The number of ether oxygens (including phenoxy) is 1. The van der Waals surface area contributed by atoms with E-state index in [9.17, 15) is 9.59 Å². The molecule has 1 heterocycles. The molecule has 1 fully saturated rings. The minimum absolute atomic E-state index is 0.0102. The number of methoxy groups -OCH3 is 1. The van der Waals surface area contributed by atoms with Crippen molar-refractivity contribution in [2.75, 3.05) is 39.8 Å². The van der Waals surface area contributed by atoms with E-state index in [1.165, 1.54) is 0 Å². The molecule has 0 radical (unpaired) electrons. The second-order valence-corrected chi connectivity index (χ2v) is 7.94. The Kier molecular flexibility index (Phi) is 7.66. The van der Waals surface area contributed by atoms with Crippen LogP contribution in [0, 0.1) is 11.8 Å². The molecule has 6 heteroatoms. The molecule has 1 N–H and O–H groups in total. The summed E-state index contributed by atoms with van der Waals surface area (Å²) in [6, 6.07) is 6.39. The van der Waals surface area contributed by atoms with E-state index in [2.05, 4.69) is 24.1 Å². The predicted octanol–water partition coefficient (Wildman–Crippen LogP) is 2.25. The van der Waals surface area contributed by atoms with Crippen molar-refractivity contribution >= 4 is 11.8 Å². The fourth-order valence-electron chi connectivity index (χ4n) is 3.34. The van der Waals surface area contributed by atoms with E-state index in [0.29, 0.717) is 30.3 Å². The van der Waals surface area contributed by atoms with Gasteiger partial charge in [0, 0.05) is 38.3 Å². The number of hydrogen-bond acceptors (Lipinski definition) is 4. The zero-order valence-corrected chi connectivity index (χ0v) is 17.2. The zero-order chi connectivity index (χ0) is 20.0. The summed E-state index contributed by atoms with van der Waals surface area (Å²) < 4.78 is 5.12. The van der Waals surface area contributed by atoms with E-state index in [0.717, 1.165) is 19.6 Å². The first-order valence-corrected chi connectivity index (χ1v) is 9.78. The van der Waals surface area contributed by atoms with Crippen LogP contribution in [0.5, 0.6) is 5.75 Å². The van der Waals surface area contributed by atoms with Gasteiger partial charge in [0.15, 0.2) is 0 Å². The third kappa shape index (κ3) is 5.96. The number of benzene rings is 1. The monoisotopic (exact) mass is 375 g/mol. The number of piperazine rings is 1. The van der Waals surface area contributed by atoms with Crippen molar-refractivity contribution in [3.63, 3.8) is 0 Å². The summed E-state index contributed by atoms with van der Waals surface area (Å²) in [5.41, 5.74) is 0.524. The van der Waals surface area contributed by atoms with Crippen LogP contribution in [0.25, 0.3) is 0 Å². The largest absolute Gasteiger partial charge is 0.497 e. The van der Waals surface area contributed by atoms with Crippen molar-refractivity contribution in [3.05, 3.63) is 29.8 Å². The maximum atomic E-state index is 13.0. The third-order valence-electron chi connectivity index (χ3n) is 4.88. The van der Waals surface area contributed by atoms with Gasteiger partial charge >= 0.3 is 0 Å². The van der Waals surface area contributed by atoms with Crippen molar-refractivity contribution in [2.24, 2.45) is 11.8 Å². The van der Waals surface area contributed by atoms with Gasteiger partial charge in [-0.15, -0.1) is 0 Å². The molecule has 150 valence electrons. The molecule has 1 atom stereocenters. The molecule has 1 aliphatic rings. The van der Waals surface area contributed by atoms with E-state index in [4.69, 9.17) is 4.74 Å². The Morgan fingerprint density at radius 3 is 2.11 bits per heavy atom. The third-order valence-corrected chi connectivity index (χ3v) is 4.88. The van der Waals surface area contributed by atoms with E-state index in [1.54, 1.807) is 31.4 Å². The van der Waals surface area contributed by atoms with Crippen molar-refractivity contribution in [2.45, 2.75) is 33.7 Å². The molecule has 1 unspecified atom stereocenters. The minimum Gasteiger partial charge on any atom is -0.497 e. The maximum Gasteiger partial charge on any atom is 0.251 e. The van der Waals surface area contributed by atoms with Crippen molar-refractivity contribution in [1.82, 2.24) is 15.1 Å². The zero-order valence-electron chi connectivity index (χ0n) is 17.2. The highest BCUT2D eigenvalue weighted by molar-refractivity contribution is 5.97. The lowest BCUT2D eigenvalue weighted by Gasteiger charge is -2.37. The molecule has 0 spiro atoms. The molecule has 2 amide bonds. The summed E-state index contributed by atoms with van der Waals surface area (Å²) in [6.07, 6.45) is 0. The second kappa shape index (κ2) is 9.74. The quantitative estimate of drug-likeness (QED) is 0.794. The van der Waals surface area contributed by atoms with Crippen LogP contribution in [0.3, 0.4) is 0 Å². The van der Waals surface area contributed by atoms with E-state index in [-0.39, 0.29) is 17.7 Å². The number of rotatable bonds is 7. The highest BCUT2D eigenvalue weighted by atomic mass is 16.5. The molecule has 27 heavy (non-hydrogen) atoms. The van der Waals surface area contributed by atoms with Crippen LogP contribution in [-0.4, -0.2) is 67.5 Å². The fourth-order valence-corrected chi connectivity index (χ4v) is 3.34. The Bertz CT molecular complexity index is 620. The summed E-state index contributed by atoms with van der Waals surface area (Å²) in [5, 5.41) is 2.93. The molecule has 0 aromatic heterocycles. The van der Waals surface area contributed by atoms with E-state index >= 15 is 0 Å². The standard InChI is InChI=1S/C21H33N3O3/c1-15(2)14-23-10-12-24(13-11-23)21(26)19(16(3)4)22-20(25)17-6-8-18(27-5)9-7-17/h6-9,15-16,19H,10-14H2,1-5H3,(H,22,25). The van der Waals surface area contributed by atoms with Crippen LogP contribution in [0.2, 0.25) is 0 Å². The number of nitrogens with zero attached hydrogens (tertiary/aromatic N) is 2. The molecular formula is C21H33N3O3. The van der Waals surface area contributed by atoms with Gasteiger partial charge in [-0.3, -0.25) is 14.5 Å². The smallest absolute Gasteiger partial charge is 0.251 e. The average molecular weight is 376 g/mol. The van der Waals surface area contributed by atoms with Gasteiger partial charge in [-0.1, -0.05) is 27.7 Å². The van der Waals surface area contributed by atoms with Crippen LogP contribution in [0.4, 0.5) is 0 Å². The van der Waals surface area contributed by atoms with Crippen molar-refractivity contribution < 1.29 is 14.3 Å². The van der Waals surface area contributed by atoms with E-state index < -0.39 is 6.04 Å². The number of hydrogen-bond donors (Lipinski definition) is 1. The molecule has 0 saturated carbocycles. The van der Waals surface area contributed by atoms with Crippen LogP contribution < -0.4 is 10.1 Å². The molecule has 1 aliphatic heterocycles. The predicted molar refractivity (Wildman–Crippen MR) is 107 cm³/mol. The Morgan fingerprint density at radius 2 is 1.63 bits per heavy atom. The first-order valence-electron chi connectivity index (χ1n) is 9.78. The van der Waals surface area contributed by atoms with Crippen LogP contribution in [-0.2, 0) is 4.79 Å². The first-order chi connectivity index (χ1) is 12.8. The molecule has 2 rings (SSSR count). The summed E-state index contributed by atoms with van der Waals surface area (Å²) in [4.78, 5) is 29.9. The van der Waals surface area contributed by atoms with Gasteiger partial charge < -0.3 is 15.0 Å².